The Morgan fingerprint density at radius 3 is 2.76 bits per heavy atom. The van der Waals surface area contributed by atoms with E-state index < -0.39 is 5.92 Å². The van der Waals surface area contributed by atoms with E-state index in [9.17, 15) is 9.59 Å². The number of benzene rings is 1. The molecule has 25 heavy (non-hydrogen) atoms. The monoisotopic (exact) mass is 348 g/mol. The van der Waals surface area contributed by atoms with Crippen molar-refractivity contribution in [2.75, 3.05) is 38.8 Å². The molecule has 2 fully saturated rings. The van der Waals surface area contributed by atoms with Gasteiger partial charge in [-0.1, -0.05) is 0 Å². The minimum Gasteiger partial charge on any atom is -0.493 e. The van der Waals surface area contributed by atoms with Crippen LogP contribution >= 0.6 is 0 Å². The average molecular weight is 348 g/mol. The maximum absolute atomic E-state index is 12.7. The molecule has 2 unspecified atom stereocenters. The Labute approximate surface area is 147 Å². The summed E-state index contributed by atoms with van der Waals surface area (Å²) in [5.74, 6) is 0.109. The van der Waals surface area contributed by atoms with Gasteiger partial charge in [0.25, 0.3) is 0 Å². The Morgan fingerprint density at radius 2 is 2.08 bits per heavy atom. The summed E-state index contributed by atoms with van der Waals surface area (Å²) in [7, 11) is 3.11. The molecular weight excluding hydrogens is 324 g/mol. The van der Waals surface area contributed by atoms with E-state index in [2.05, 4.69) is 5.32 Å². The molecule has 2 heterocycles. The molecule has 7 nitrogen and oxygen atoms in total. The quantitative estimate of drug-likeness (QED) is 0.786. The van der Waals surface area contributed by atoms with Gasteiger partial charge in [-0.05, 0) is 31.4 Å². The lowest BCUT2D eigenvalue weighted by Crippen LogP contribution is -2.39. The SMILES string of the molecule is COc1ccc(N2CCC(C(=O)NCC3CCCO3)C2=O)cc1OC. The topological polar surface area (TPSA) is 77.1 Å². The summed E-state index contributed by atoms with van der Waals surface area (Å²) < 4.78 is 16.0. The normalized spacial score (nSPS) is 23.0. The highest BCUT2D eigenvalue weighted by molar-refractivity contribution is 6.09. The molecule has 2 saturated heterocycles. The van der Waals surface area contributed by atoms with Crippen molar-refractivity contribution < 1.29 is 23.8 Å². The second-order valence-corrected chi connectivity index (χ2v) is 6.25. The second-order valence-electron chi connectivity index (χ2n) is 6.25. The van der Waals surface area contributed by atoms with E-state index in [1.165, 1.54) is 0 Å². The van der Waals surface area contributed by atoms with Crippen LogP contribution in [-0.4, -0.2) is 51.8 Å². The Morgan fingerprint density at radius 1 is 1.28 bits per heavy atom. The second kappa shape index (κ2) is 7.74. The van der Waals surface area contributed by atoms with Crippen LogP contribution in [0.25, 0.3) is 0 Å². The van der Waals surface area contributed by atoms with Crippen LogP contribution in [0.4, 0.5) is 5.69 Å². The molecule has 2 aliphatic rings. The number of rotatable bonds is 6. The van der Waals surface area contributed by atoms with Crippen molar-refractivity contribution >= 4 is 17.5 Å². The molecule has 0 radical (unpaired) electrons. The van der Waals surface area contributed by atoms with Gasteiger partial charge in [0, 0.05) is 31.5 Å². The van der Waals surface area contributed by atoms with Crippen LogP contribution in [0.3, 0.4) is 0 Å². The molecule has 136 valence electrons. The average Bonchev–Trinajstić information content (AvgIpc) is 3.28. The predicted octanol–water partition coefficient (Wildman–Crippen LogP) is 1.35. The molecule has 1 N–H and O–H groups in total. The number of hydrogen-bond donors (Lipinski definition) is 1. The Hall–Kier alpha value is -2.28. The summed E-state index contributed by atoms with van der Waals surface area (Å²) in [5.41, 5.74) is 0.706. The van der Waals surface area contributed by atoms with E-state index in [0.717, 1.165) is 19.4 Å². The van der Waals surface area contributed by atoms with Gasteiger partial charge in [0.2, 0.25) is 11.8 Å². The van der Waals surface area contributed by atoms with Crippen molar-refractivity contribution in [1.82, 2.24) is 5.32 Å². The number of amides is 2. The molecule has 3 rings (SSSR count). The molecule has 1 aromatic rings. The number of anilines is 1. The van der Waals surface area contributed by atoms with Gasteiger partial charge < -0.3 is 24.4 Å². The van der Waals surface area contributed by atoms with Gasteiger partial charge in [-0.25, -0.2) is 0 Å². The number of nitrogens with one attached hydrogen (secondary N) is 1. The number of carbonyl (C=O) groups is 2. The van der Waals surface area contributed by atoms with Gasteiger partial charge in [0.05, 0.1) is 20.3 Å². The summed E-state index contributed by atoms with van der Waals surface area (Å²) in [6.07, 6.45) is 2.55. The summed E-state index contributed by atoms with van der Waals surface area (Å²) >= 11 is 0. The van der Waals surface area contributed by atoms with Crippen molar-refractivity contribution in [2.45, 2.75) is 25.4 Å². The highest BCUT2D eigenvalue weighted by atomic mass is 16.5. The summed E-state index contributed by atoms with van der Waals surface area (Å²) in [5, 5.41) is 2.85. The third kappa shape index (κ3) is 3.71. The van der Waals surface area contributed by atoms with E-state index in [1.54, 1.807) is 37.3 Å². The van der Waals surface area contributed by atoms with Crippen LogP contribution in [0.1, 0.15) is 19.3 Å². The summed E-state index contributed by atoms with van der Waals surface area (Å²) in [6.45, 7) is 1.72. The summed E-state index contributed by atoms with van der Waals surface area (Å²) in [6, 6.07) is 5.31. The highest BCUT2D eigenvalue weighted by Gasteiger charge is 2.38. The van der Waals surface area contributed by atoms with Crippen LogP contribution in [0.2, 0.25) is 0 Å². The lowest BCUT2D eigenvalue weighted by Gasteiger charge is -2.19. The standard InChI is InChI=1S/C18H24N2O5/c1-23-15-6-5-12(10-16(15)24-2)20-8-7-14(18(20)22)17(21)19-11-13-4-3-9-25-13/h5-6,10,13-14H,3-4,7-9,11H2,1-2H3,(H,19,21). The maximum atomic E-state index is 12.7. The number of carbonyl (C=O) groups excluding carboxylic acids is 2. The lowest BCUT2D eigenvalue weighted by atomic mass is 10.1. The maximum Gasteiger partial charge on any atom is 0.239 e. The van der Waals surface area contributed by atoms with E-state index in [1.807, 2.05) is 0 Å². The fourth-order valence-electron chi connectivity index (χ4n) is 3.32. The van der Waals surface area contributed by atoms with Crippen LogP contribution in [0.15, 0.2) is 18.2 Å². The largest absolute Gasteiger partial charge is 0.493 e. The molecular formula is C18H24N2O5. The van der Waals surface area contributed by atoms with Gasteiger partial charge in [-0.15, -0.1) is 0 Å². The van der Waals surface area contributed by atoms with Crippen LogP contribution in [-0.2, 0) is 14.3 Å². The van der Waals surface area contributed by atoms with Crippen molar-refractivity contribution in [3.05, 3.63) is 18.2 Å². The molecule has 2 amide bonds. The zero-order valence-corrected chi connectivity index (χ0v) is 14.6. The first-order chi connectivity index (χ1) is 12.1. The number of methoxy groups -OCH3 is 2. The lowest BCUT2D eigenvalue weighted by molar-refractivity contribution is -0.132. The van der Waals surface area contributed by atoms with Crippen molar-refractivity contribution in [3.8, 4) is 11.5 Å². The van der Waals surface area contributed by atoms with Gasteiger partial charge in [0.15, 0.2) is 11.5 Å². The molecule has 1 aromatic carbocycles. The first-order valence-electron chi connectivity index (χ1n) is 8.56. The Kier molecular flexibility index (Phi) is 5.43. The van der Waals surface area contributed by atoms with Gasteiger partial charge >= 0.3 is 0 Å². The van der Waals surface area contributed by atoms with E-state index in [4.69, 9.17) is 14.2 Å². The molecule has 0 aromatic heterocycles. The molecule has 0 bridgehead atoms. The molecule has 2 atom stereocenters. The van der Waals surface area contributed by atoms with E-state index >= 15 is 0 Å². The van der Waals surface area contributed by atoms with Crippen molar-refractivity contribution in [1.29, 1.82) is 0 Å². The van der Waals surface area contributed by atoms with Gasteiger partial charge in [-0.2, -0.15) is 0 Å². The van der Waals surface area contributed by atoms with Gasteiger partial charge in [0.1, 0.15) is 5.92 Å². The Balaban J connectivity index is 1.63. The zero-order valence-electron chi connectivity index (χ0n) is 14.6. The summed E-state index contributed by atoms with van der Waals surface area (Å²) in [4.78, 5) is 26.6. The minimum atomic E-state index is -0.644. The zero-order chi connectivity index (χ0) is 17.8. The van der Waals surface area contributed by atoms with E-state index in [0.29, 0.717) is 36.7 Å². The minimum absolute atomic E-state index is 0.0717. The molecule has 2 aliphatic heterocycles. The number of ether oxygens (including phenoxy) is 3. The smallest absolute Gasteiger partial charge is 0.239 e. The van der Waals surface area contributed by atoms with Crippen LogP contribution in [0, 0.1) is 5.92 Å². The predicted molar refractivity (Wildman–Crippen MR) is 92.0 cm³/mol. The molecule has 0 aliphatic carbocycles. The first kappa shape index (κ1) is 17.5. The van der Waals surface area contributed by atoms with Crippen molar-refractivity contribution in [3.63, 3.8) is 0 Å². The number of nitrogens with zero attached hydrogens (tertiary/aromatic N) is 1. The molecule has 0 spiro atoms. The number of hydrogen-bond acceptors (Lipinski definition) is 5. The van der Waals surface area contributed by atoms with Crippen LogP contribution < -0.4 is 19.7 Å². The third-order valence-corrected chi connectivity index (χ3v) is 4.73. The molecule has 7 heteroatoms. The van der Waals surface area contributed by atoms with E-state index in [-0.39, 0.29) is 17.9 Å². The van der Waals surface area contributed by atoms with Crippen molar-refractivity contribution in [2.24, 2.45) is 5.92 Å². The van der Waals surface area contributed by atoms with Gasteiger partial charge in [-0.3, -0.25) is 9.59 Å². The fourth-order valence-corrected chi connectivity index (χ4v) is 3.32. The fraction of sp³-hybridized carbons (Fsp3) is 0.556. The Bertz CT molecular complexity index is 642. The first-order valence-corrected chi connectivity index (χ1v) is 8.56. The third-order valence-electron chi connectivity index (χ3n) is 4.73. The molecule has 0 saturated carbocycles. The van der Waals surface area contributed by atoms with Crippen LogP contribution in [0.5, 0.6) is 11.5 Å². The highest BCUT2D eigenvalue weighted by Crippen LogP contribution is 2.34.